The summed E-state index contributed by atoms with van der Waals surface area (Å²) >= 11 is 6.05. The second-order valence-electron chi connectivity index (χ2n) is 5.96. The highest BCUT2D eigenvalue weighted by Crippen LogP contribution is 2.36. The lowest BCUT2D eigenvalue weighted by molar-refractivity contribution is -0.120. The summed E-state index contributed by atoms with van der Waals surface area (Å²) in [4.78, 5) is 25.7. The molecule has 0 bridgehead atoms. The molecule has 1 saturated heterocycles. The average molecular weight is 430 g/mol. The third-order valence-corrected chi connectivity index (χ3v) is 4.98. The molecular formula is C18H15ClF3N3O2S. The molecule has 0 atom stereocenters. The number of carbonyl (C=O) groups is 2. The van der Waals surface area contributed by atoms with Gasteiger partial charge in [-0.05, 0) is 54.2 Å². The van der Waals surface area contributed by atoms with Crippen LogP contribution in [0.5, 0.6) is 0 Å². The molecule has 2 amide bonds. The smallest absolute Gasteiger partial charge is 0.359 e. The van der Waals surface area contributed by atoms with Crippen LogP contribution in [0.3, 0.4) is 0 Å². The Balaban J connectivity index is 1.67. The Hall–Kier alpha value is -2.39. The molecule has 2 N–H and O–H groups in total. The first-order valence-corrected chi connectivity index (χ1v) is 9.39. The maximum atomic E-state index is 12.4. The molecule has 0 radical (unpaired) electrons. The SMILES string of the molecule is O=C1CN(c2ccc(NC(=O)c3ccc(SC(F)(F)F)cc3)cc2Cl)CCN1. The number of rotatable bonds is 4. The number of nitrogens with one attached hydrogen (secondary N) is 2. The zero-order chi connectivity index (χ0) is 20.3. The van der Waals surface area contributed by atoms with Crippen LogP contribution in [-0.4, -0.2) is 37.0 Å². The van der Waals surface area contributed by atoms with Crippen LogP contribution in [0.2, 0.25) is 5.02 Å². The summed E-state index contributed by atoms with van der Waals surface area (Å²) in [6.45, 7) is 1.35. The van der Waals surface area contributed by atoms with Gasteiger partial charge in [-0.15, -0.1) is 0 Å². The van der Waals surface area contributed by atoms with E-state index in [-0.39, 0.29) is 34.7 Å². The van der Waals surface area contributed by atoms with Gasteiger partial charge in [-0.1, -0.05) is 11.6 Å². The molecule has 0 aliphatic carbocycles. The van der Waals surface area contributed by atoms with Gasteiger partial charge >= 0.3 is 5.51 Å². The van der Waals surface area contributed by atoms with E-state index in [1.165, 1.54) is 24.3 Å². The van der Waals surface area contributed by atoms with Crippen molar-refractivity contribution in [2.75, 3.05) is 29.9 Å². The molecule has 3 rings (SSSR count). The van der Waals surface area contributed by atoms with E-state index in [0.717, 1.165) is 0 Å². The van der Waals surface area contributed by atoms with Crippen molar-refractivity contribution < 1.29 is 22.8 Å². The van der Waals surface area contributed by atoms with Crippen LogP contribution in [0.15, 0.2) is 47.4 Å². The number of carbonyl (C=O) groups excluding carboxylic acids is 2. The fourth-order valence-electron chi connectivity index (χ4n) is 2.70. The molecule has 2 aromatic carbocycles. The lowest BCUT2D eigenvalue weighted by Gasteiger charge is -2.29. The van der Waals surface area contributed by atoms with Crippen molar-refractivity contribution in [2.45, 2.75) is 10.4 Å². The first kappa shape index (κ1) is 20.3. The quantitative estimate of drug-likeness (QED) is 0.717. The van der Waals surface area contributed by atoms with Crippen molar-refractivity contribution in [3.05, 3.63) is 53.1 Å². The maximum absolute atomic E-state index is 12.4. The number of piperazine rings is 1. The lowest BCUT2D eigenvalue weighted by atomic mass is 10.2. The Kier molecular flexibility index (Phi) is 6.04. The first-order valence-electron chi connectivity index (χ1n) is 8.19. The van der Waals surface area contributed by atoms with Crippen LogP contribution in [-0.2, 0) is 4.79 Å². The Morgan fingerprint density at radius 2 is 1.89 bits per heavy atom. The number of halogens is 4. The number of hydrogen-bond acceptors (Lipinski definition) is 4. The second kappa shape index (κ2) is 8.32. The molecule has 1 aliphatic heterocycles. The molecule has 0 saturated carbocycles. The maximum Gasteiger partial charge on any atom is 0.446 e. The van der Waals surface area contributed by atoms with E-state index in [1.807, 2.05) is 4.90 Å². The van der Waals surface area contributed by atoms with Gasteiger partial charge in [-0.3, -0.25) is 9.59 Å². The summed E-state index contributed by atoms with van der Waals surface area (Å²) in [5.41, 5.74) is -3.03. The Morgan fingerprint density at radius 1 is 1.18 bits per heavy atom. The summed E-state index contributed by atoms with van der Waals surface area (Å²) < 4.78 is 37.1. The molecule has 0 unspecified atom stereocenters. The Bertz CT molecular complexity index is 891. The molecule has 10 heteroatoms. The minimum atomic E-state index is -4.38. The van der Waals surface area contributed by atoms with E-state index in [2.05, 4.69) is 10.6 Å². The highest BCUT2D eigenvalue weighted by molar-refractivity contribution is 8.00. The fraction of sp³-hybridized carbons (Fsp3) is 0.222. The van der Waals surface area contributed by atoms with Gasteiger partial charge in [0.25, 0.3) is 5.91 Å². The summed E-state index contributed by atoms with van der Waals surface area (Å²) in [7, 11) is 0. The topological polar surface area (TPSA) is 61.4 Å². The molecule has 0 aromatic heterocycles. The molecule has 5 nitrogen and oxygen atoms in total. The molecule has 1 aliphatic rings. The molecule has 1 fully saturated rings. The number of alkyl halides is 3. The number of nitrogens with zero attached hydrogens (tertiary/aromatic N) is 1. The van der Waals surface area contributed by atoms with Crippen molar-refractivity contribution in [3.8, 4) is 0 Å². The largest absolute Gasteiger partial charge is 0.446 e. The molecule has 1 heterocycles. The van der Waals surface area contributed by atoms with Crippen molar-refractivity contribution in [1.82, 2.24) is 5.32 Å². The summed E-state index contributed by atoms with van der Waals surface area (Å²) in [6.07, 6.45) is 0. The average Bonchev–Trinajstić information content (AvgIpc) is 2.61. The van der Waals surface area contributed by atoms with E-state index >= 15 is 0 Å². The van der Waals surface area contributed by atoms with Crippen molar-refractivity contribution >= 4 is 46.6 Å². The minimum Gasteiger partial charge on any atom is -0.359 e. The van der Waals surface area contributed by atoms with E-state index in [0.29, 0.717) is 29.5 Å². The number of benzene rings is 2. The predicted molar refractivity (Wildman–Crippen MR) is 103 cm³/mol. The fourth-order valence-corrected chi connectivity index (χ4v) is 3.54. The summed E-state index contributed by atoms with van der Waals surface area (Å²) in [5, 5.41) is 5.76. The van der Waals surface area contributed by atoms with Crippen LogP contribution in [0.4, 0.5) is 24.5 Å². The van der Waals surface area contributed by atoms with Crippen molar-refractivity contribution in [3.63, 3.8) is 0 Å². The zero-order valence-corrected chi connectivity index (χ0v) is 15.9. The second-order valence-corrected chi connectivity index (χ2v) is 7.51. The molecule has 0 spiro atoms. The first-order chi connectivity index (χ1) is 13.2. The molecule has 2 aromatic rings. The standard InChI is InChI=1S/C18H15ClF3N3O2S/c19-14-9-12(3-6-15(14)25-8-7-23-16(26)10-25)24-17(27)11-1-4-13(5-2-11)28-18(20,21)22/h1-6,9H,7-8,10H2,(H,23,26)(H,24,27). The number of hydrogen-bond donors (Lipinski definition) is 2. The number of anilines is 2. The highest BCUT2D eigenvalue weighted by atomic mass is 35.5. The number of thioether (sulfide) groups is 1. The van der Waals surface area contributed by atoms with Crippen LogP contribution in [0.25, 0.3) is 0 Å². The molecular weight excluding hydrogens is 415 g/mol. The summed E-state index contributed by atoms with van der Waals surface area (Å²) in [6, 6.07) is 10.1. The minimum absolute atomic E-state index is 0.00187. The monoisotopic (exact) mass is 429 g/mol. The highest BCUT2D eigenvalue weighted by Gasteiger charge is 2.29. The Labute approximate surface area is 168 Å². The van der Waals surface area contributed by atoms with Gasteiger partial charge in [-0.25, -0.2) is 0 Å². The van der Waals surface area contributed by atoms with Gasteiger partial charge < -0.3 is 15.5 Å². The van der Waals surface area contributed by atoms with Crippen molar-refractivity contribution in [1.29, 1.82) is 0 Å². The molecule has 148 valence electrons. The van der Waals surface area contributed by atoms with Crippen LogP contribution >= 0.6 is 23.4 Å². The van der Waals surface area contributed by atoms with Gasteiger partial charge in [0, 0.05) is 29.2 Å². The normalized spacial score (nSPS) is 14.6. The van der Waals surface area contributed by atoms with Crippen LogP contribution in [0.1, 0.15) is 10.4 Å². The van der Waals surface area contributed by atoms with E-state index in [1.54, 1.807) is 18.2 Å². The van der Waals surface area contributed by atoms with Gasteiger partial charge in [0.1, 0.15) is 0 Å². The van der Waals surface area contributed by atoms with E-state index < -0.39 is 11.4 Å². The third-order valence-electron chi connectivity index (χ3n) is 3.93. The van der Waals surface area contributed by atoms with Gasteiger partial charge in [0.05, 0.1) is 17.3 Å². The van der Waals surface area contributed by atoms with Crippen LogP contribution in [0, 0.1) is 0 Å². The third kappa shape index (κ3) is 5.32. The van der Waals surface area contributed by atoms with Gasteiger partial charge in [0.2, 0.25) is 5.91 Å². The zero-order valence-electron chi connectivity index (χ0n) is 14.3. The summed E-state index contributed by atoms with van der Waals surface area (Å²) in [5.74, 6) is -0.559. The molecule has 28 heavy (non-hydrogen) atoms. The number of amides is 2. The Morgan fingerprint density at radius 3 is 2.50 bits per heavy atom. The predicted octanol–water partition coefficient (Wildman–Crippen LogP) is 4.14. The van der Waals surface area contributed by atoms with Crippen LogP contribution < -0.4 is 15.5 Å². The van der Waals surface area contributed by atoms with Gasteiger partial charge in [-0.2, -0.15) is 13.2 Å². The van der Waals surface area contributed by atoms with Crippen molar-refractivity contribution in [2.24, 2.45) is 0 Å². The van der Waals surface area contributed by atoms with E-state index in [9.17, 15) is 22.8 Å². The lowest BCUT2D eigenvalue weighted by Crippen LogP contribution is -2.47. The van der Waals surface area contributed by atoms with Gasteiger partial charge in [0.15, 0.2) is 0 Å². The van der Waals surface area contributed by atoms with E-state index in [4.69, 9.17) is 11.6 Å².